The van der Waals surface area contributed by atoms with Gasteiger partial charge in [0.15, 0.2) is 0 Å². The molecule has 0 N–H and O–H groups in total. The third-order valence-electron chi connectivity index (χ3n) is 2.74. The van der Waals surface area contributed by atoms with Crippen molar-refractivity contribution in [1.29, 1.82) is 0 Å². The van der Waals surface area contributed by atoms with Crippen LogP contribution in [0.4, 0.5) is 5.69 Å². The van der Waals surface area contributed by atoms with Crippen molar-refractivity contribution in [3.8, 4) is 0 Å². The molecule has 0 atom stereocenters. The standard InChI is InChI=1S/C10H12Cl2N2O2S/c11-9-3-1-2-4-10(9)13-5-7-14(8-6-13)17(12,15)16/h1-4H,5-8H2. The topological polar surface area (TPSA) is 40.6 Å². The Kier molecular flexibility index (Phi) is 3.82. The Balaban J connectivity index is 2.08. The lowest BCUT2D eigenvalue weighted by Crippen LogP contribution is -2.47. The van der Waals surface area contributed by atoms with E-state index in [-0.39, 0.29) is 0 Å². The maximum Gasteiger partial charge on any atom is 0.299 e. The van der Waals surface area contributed by atoms with Gasteiger partial charge in [-0.15, -0.1) is 0 Å². The van der Waals surface area contributed by atoms with Crippen LogP contribution in [-0.4, -0.2) is 38.9 Å². The van der Waals surface area contributed by atoms with Crippen molar-refractivity contribution < 1.29 is 8.42 Å². The molecule has 1 fully saturated rings. The summed E-state index contributed by atoms with van der Waals surface area (Å²) in [7, 11) is 1.69. The van der Waals surface area contributed by atoms with Gasteiger partial charge in [0.05, 0.1) is 10.7 Å². The second-order valence-electron chi connectivity index (χ2n) is 3.78. The molecule has 0 radical (unpaired) electrons. The van der Waals surface area contributed by atoms with Crippen molar-refractivity contribution in [1.82, 2.24) is 4.31 Å². The molecule has 2 rings (SSSR count). The van der Waals surface area contributed by atoms with Gasteiger partial charge in [-0.1, -0.05) is 23.7 Å². The molecule has 1 heterocycles. The summed E-state index contributed by atoms with van der Waals surface area (Å²) in [5, 5.41) is 0.676. The van der Waals surface area contributed by atoms with E-state index >= 15 is 0 Å². The zero-order chi connectivity index (χ0) is 12.5. The van der Waals surface area contributed by atoms with Crippen LogP contribution >= 0.6 is 22.3 Å². The summed E-state index contributed by atoms with van der Waals surface area (Å²) in [6.45, 7) is 1.96. The number of hydrogen-bond donors (Lipinski definition) is 0. The molecule has 0 saturated carbocycles. The Morgan fingerprint density at radius 1 is 1.06 bits per heavy atom. The first-order valence-electron chi connectivity index (χ1n) is 5.18. The number of halogens is 2. The number of anilines is 1. The van der Waals surface area contributed by atoms with Crippen LogP contribution in [0.25, 0.3) is 0 Å². The first-order valence-corrected chi connectivity index (χ1v) is 7.82. The van der Waals surface area contributed by atoms with Gasteiger partial charge in [-0.3, -0.25) is 0 Å². The van der Waals surface area contributed by atoms with Crippen LogP contribution in [0.5, 0.6) is 0 Å². The summed E-state index contributed by atoms with van der Waals surface area (Å²) in [6.07, 6.45) is 0. The Morgan fingerprint density at radius 3 is 2.18 bits per heavy atom. The van der Waals surface area contributed by atoms with Crippen molar-refractivity contribution in [2.75, 3.05) is 31.1 Å². The van der Waals surface area contributed by atoms with Crippen LogP contribution in [0.2, 0.25) is 5.02 Å². The first kappa shape index (κ1) is 13.0. The summed E-state index contributed by atoms with van der Waals surface area (Å²) in [5.74, 6) is 0. The van der Waals surface area contributed by atoms with E-state index in [2.05, 4.69) is 4.90 Å². The van der Waals surface area contributed by atoms with Gasteiger partial charge in [0.2, 0.25) is 0 Å². The van der Waals surface area contributed by atoms with Gasteiger partial charge in [0.25, 0.3) is 9.24 Å². The summed E-state index contributed by atoms with van der Waals surface area (Å²) >= 11 is 6.08. The van der Waals surface area contributed by atoms with Gasteiger partial charge < -0.3 is 4.90 Å². The van der Waals surface area contributed by atoms with Gasteiger partial charge in [-0.2, -0.15) is 12.7 Å². The van der Waals surface area contributed by atoms with Gasteiger partial charge in [-0.25, -0.2) is 0 Å². The fourth-order valence-electron chi connectivity index (χ4n) is 1.86. The van der Waals surface area contributed by atoms with E-state index in [9.17, 15) is 8.42 Å². The predicted octanol–water partition coefficient (Wildman–Crippen LogP) is 1.95. The maximum absolute atomic E-state index is 11.1. The summed E-state index contributed by atoms with van der Waals surface area (Å²) in [4.78, 5) is 2.06. The van der Waals surface area contributed by atoms with Gasteiger partial charge in [0, 0.05) is 36.9 Å². The van der Waals surface area contributed by atoms with Gasteiger partial charge in [-0.05, 0) is 12.1 Å². The average Bonchev–Trinajstić information content (AvgIpc) is 2.29. The van der Waals surface area contributed by atoms with E-state index in [4.69, 9.17) is 22.3 Å². The molecule has 0 aliphatic carbocycles. The molecule has 4 nitrogen and oxygen atoms in total. The molecule has 1 saturated heterocycles. The van der Waals surface area contributed by atoms with Crippen LogP contribution in [0, 0.1) is 0 Å². The highest BCUT2D eigenvalue weighted by atomic mass is 35.7. The fraction of sp³-hybridized carbons (Fsp3) is 0.400. The van der Waals surface area contributed by atoms with Crippen LogP contribution in [-0.2, 0) is 9.24 Å². The van der Waals surface area contributed by atoms with Crippen LogP contribution in [0.15, 0.2) is 24.3 Å². The lowest BCUT2D eigenvalue weighted by molar-refractivity contribution is 0.393. The minimum Gasteiger partial charge on any atom is -0.368 e. The number of benzene rings is 1. The molecular formula is C10H12Cl2N2O2S. The lowest BCUT2D eigenvalue weighted by Gasteiger charge is -2.34. The highest BCUT2D eigenvalue weighted by Crippen LogP contribution is 2.26. The Labute approximate surface area is 110 Å². The summed E-state index contributed by atoms with van der Waals surface area (Å²) < 4.78 is 23.6. The Bertz CT molecular complexity index is 499. The van der Waals surface area contributed by atoms with Crippen LogP contribution < -0.4 is 4.90 Å². The monoisotopic (exact) mass is 294 g/mol. The molecule has 0 spiro atoms. The summed E-state index contributed by atoms with van der Waals surface area (Å²) in [6, 6.07) is 7.52. The SMILES string of the molecule is O=S(=O)(Cl)N1CCN(c2ccccc2Cl)CC1. The normalized spacial score (nSPS) is 18.4. The zero-order valence-corrected chi connectivity index (χ0v) is 11.3. The van der Waals surface area contributed by atoms with Crippen molar-refractivity contribution >= 4 is 37.2 Å². The fourth-order valence-corrected chi connectivity index (χ4v) is 3.12. The minimum absolute atomic E-state index is 0.386. The molecule has 1 aliphatic rings. The van der Waals surface area contributed by atoms with E-state index in [1.54, 1.807) is 0 Å². The Morgan fingerprint density at radius 2 is 1.65 bits per heavy atom. The molecule has 0 unspecified atom stereocenters. The quantitative estimate of drug-likeness (QED) is 0.783. The van der Waals surface area contributed by atoms with E-state index in [0.717, 1.165) is 5.69 Å². The first-order chi connectivity index (χ1) is 7.98. The molecule has 0 bridgehead atoms. The van der Waals surface area contributed by atoms with Crippen molar-refractivity contribution in [2.45, 2.75) is 0 Å². The minimum atomic E-state index is -3.60. The van der Waals surface area contributed by atoms with Crippen LogP contribution in [0.3, 0.4) is 0 Å². The molecule has 0 aromatic heterocycles. The summed E-state index contributed by atoms with van der Waals surface area (Å²) in [5.41, 5.74) is 0.931. The van der Waals surface area contributed by atoms with E-state index in [1.165, 1.54) is 4.31 Å². The average molecular weight is 295 g/mol. The van der Waals surface area contributed by atoms with E-state index in [1.807, 2.05) is 24.3 Å². The number of hydrogen-bond acceptors (Lipinski definition) is 3. The lowest BCUT2D eigenvalue weighted by atomic mass is 10.2. The molecule has 1 aromatic rings. The number of rotatable bonds is 2. The van der Waals surface area contributed by atoms with Crippen molar-refractivity contribution in [3.63, 3.8) is 0 Å². The van der Waals surface area contributed by atoms with Crippen LogP contribution in [0.1, 0.15) is 0 Å². The second-order valence-corrected chi connectivity index (χ2v) is 6.70. The highest BCUT2D eigenvalue weighted by Gasteiger charge is 2.25. The van der Waals surface area contributed by atoms with E-state index < -0.39 is 9.24 Å². The molecule has 7 heteroatoms. The number of para-hydroxylation sites is 1. The number of nitrogens with zero attached hydrogens (tertiary/aromatic N) is 2. The Hall–Kier alpha value is -0.490. The zero-order valence-electron chi connectivity index (χ0n) is 9.01. The van der Waals surface area contributed by atoms with Crippen molar-refractivity contribution in [2.24, 2.45) is 0 Å². The smallest absolute Gasteiger partial charge is 0.299 e. The third-order valence-corrected chi connectivity index (χ3v) is 4.63. The molecule has 94 valence electrons. The van der Waals surface area contributed by atoms with E-state index in [0.29, 0.717) is 31.2 Å². The molecule has 0 amide bonds. The number of piperazine rings is 1. The van der Waals surface area contributed by atoms with Gasteiger partial charge in [0.1, 0.15) is 0 Å². The maximum atomic E-state index is 11.1. The van der Waals surface area contributed by atoms with Gasteiger partial charge >= 0.3 is 0 Å². The highest BCUT2D eigenvalue weighted by molar-refractivity contribution is 8.11. The molecule has 1 aromatic carbocycles. The second kappa shape index (κ2) is 5.02. The predicted molar refractivity (Wildman–Crippen MR) is 70.0 cm³/mol. The third kappa shape index (κ3) is 3.04. The largest absolute Gasteiger partial charge is 0.368 e. The molecule has 17 heavy (non-hydrogen) atoms. The van der Waals surface area contributed by atoms with Crippen molar-refractivity contribution in [3.05, 3.63) is 29.3 Å². The molecule has 1 aliphatic heterocycles. The molecular weight excluding hydrogens is 283 g/mol.